The fourth-order valence-corrected chi connectivity index (χ4v) is 2.81. The normalized spacial score (nSPS) is 22.7. The molecule has 2 rings (SSSR count). The third-order valence-corrected chi connectivity index (χ3v) is 4.08. The quantitative estimate of drug-likeness (QED) is 0.673. The Bertz CT molecular complexity index is 574. The highest BCUT2D eigenvalue weighted by Gasteiger charge is 2.40. The van der Waals surface area contributed by atoms with Gasteiger partial charge in [0.25, 0.3) is 0 Å². The van der Waals surface area contributed by atoms with E-state index in [1.54, 1.807) is 7.11 Å². The maximum Gasteiger partial charge on any atom is 0.219 e. The molecule has 0 bridgehead atoms. The molecule has 1 fully saturated rings. The van der Waals surface area contributed by atoms with Crippen LogP contribution in [0.4, 0.5) is 0 Å². The zero-order valence-electron chi connectivity index (χ0n) is 13.6. The topological polar surface area (TPSA) is 70.6 Å². The van der Waals surface area contributed by atoms with Gasteiger partial charge in [0, 0.05) is 43.6 Å². The van der Waals surface area contributed by atoms with Crippen molar-refractivity contribution in [2.75, 3.05) is 26.9 Å². The van der Waals surface area contributed by atoms with Crippen LogP contribution in [-0.4, -0.2) is 50.0 Å². The molecule has 1 heterocycles. The summed E-state index contributed by atoms with van der Waals surface area (Å²) < 4.78 is 4.91. The molecule has 0 aromatic heterocycles. The molecular weight excluding hydrogens is 292 g/mol. The first-order valence-electron chi connectivity index (χ1n) is 7.91. The molecule has 0 aliphatic carbocycles. The van der Waals surface area contributed by atoms with Crippen LogP contribution >= 0.6 is 0 Å². The number of aliphatic hydroxyl groups is 1. The van der Waals surface area contributed by atoms with Crippen LogP contribution in [0.3, 0.4) is 0 Å². The van der Waals surface area contributed by atoms with Crippen molar-refractivity contribution < 1.29 is 14.6 Å². The van der Waals surface area contributed by atoms with Crippen molar-refractivity contribution in [3.05, 3.63) is 35.4 Å². The second-order valence-electron chi connectivity index (χ2n) is 5.60. The van der Waals surface area contributed by atoms with Gasteiger partial charge in [-0.1, -0.05) is 30.9 Å². The van der Waals surface area contributed by atoms with E-state index in [1.165, 1.54) is 0 Å². The van der Waals surface area contributed by atoms with Gasteiger partial charge < -0.3 is 20.5 Å². The number of aliphatic hydroxyl groups excluding tert-OH is 1. The lowest BCUT2D eigenvalue weighted by atomic mass is 9.77. The van der Waals surface area contributed by atoms with E-state index in [2.05, 4.69) is 22.5 Å². The molecule has 1 aliphatic rings. The summed E-state index contributed by atoms with van der Waals surface area (Å²) in [4.78, 5) is 11.4. The Morgan fingerprint density at radius 2 is 2.09 bits per heavy atom. The molecule has 1 amide bonds. The van der Waals surface area contributed by atoms with E-state index in [1.807, 2.05) is 31.2 Å². The number of rotatable bonds is 6. The Labute approximate surface area is 137 Å². The Morgan fingerprint density at radius 3 is 2.70 bits per heavy atom. The largest absolute Gasteiger partial charge is 0.395 e. The van der Waals surface area contributed by atoms with E-state index in [4.69, 9.17) is 4.74 Å². The van der Waals surface area contributed by atoms with Crippen molar-refractivity contribution in [3.63, 3.8) is 0 Å². The number of hydrogen-bond acceptors (Lipinski definition) is 4. The van der Waals surface area contributed by atoms with Gasteiger partial charge in [0.05, 0.1) is 6.61 Å². The van der Waals surface area contributed by atoms with Gasteiger partial charge in [0.1, 0.15) is 6.61 Å². The zero-order valence-corrected chi connectivity index (χ0v) is 13.6. The third-order valence-electron chi connectivity index (χ3n) is 4.08. The lowest BCUT2D eigenvalue weighted by Gasteiger charge is -2.46. The van der Waals surface area contributed by atoms with Crippen molar-refractivity contribution in [1.29, 1.82) is 0 Å². The SMILES string of the molecule is CCC(=O)NC[C@@H]1N[C@H](CO)[C@@H]1c1ccc(C#CCOC)cc1. The van der Waals surface area contributed by atoms with Gasteiger partial charge in [-0.2, -0.15) is 0 Å². The number of nitrogens with one attached hydrogen (secondary N) is 2. The molecule has 5 heteroatoms. The average molecular weight is 316 g/mol. The second kappa shape index (κ2) is 8.68. The molecule has 0 radical (unpaired) electrons. The van der Waals surface area contributed by atoms with Crippen LogP contribution in [-0.2, 0) is 9.53 Å². The molecule has 5 nitrogen and oxygen atoms in total. The van der Waals surface area contributed by atoms with E-state index < -0.39 is 0 Å². The first-order valence-corrected chi connectivity index (χ1v) is 7.91. The molecule has 0 unspecified atom stereocenters. The Morgan fingerprint density at radius 1 is 1.35 bits per heavy atom. The first-order chi connectivity index (χ1) is 11.2. The Hall–Kier alpha value is -1.87. The number of methoxy groups -OCH3 is 1. The standard InChI is InChI=1S/C18H24N2O3/c1-3-17(22)19-11-15-18(16(12-21)20-15)14-8-6-13(7-9-14)5-4-10-23-2/h6-9,15-16,18,20-21H,3,10-12H2,1-2H3,(H,19,22)/t15-,16+,18+/m0/s1. The van der Waals surface area contributed by atoms with E-state index in [0.717, 1.165) is 11.1 Å². The lowest BCUT2D eigenvalue weighted by Crippen LogP contribution is -2.64. The van der Waals surface area contributed by atoms with Crippen LogP contribution in [0.25, 0.3) is 0 Å². The highest BCUT2D eigenvalue weighted by Crippen LogP contribution is 2.31. The summed E-state index contributed by atoms with van der Waals surface area (Å²) in [6.07, 6.45) is 0.482. The predicted molar refractivity (Wildman–Crippen MR) is 89.0 cm³/mol. The highest BCUT2D eigenvalue weighted by atomic mass is 16.5. The fraction of sp³-hybridized carbons (Fsp3) is 0.500. The van der Waals surface area contributed by atoms with E-state index in [0.29, 0.717) is 19.6 Å². The minimum Gasteiger partial charge on any atom is -0.395 e. The van der Waals surface area contributed by atoms with Crippen molar-refractivity contribution in [2.45, 2.75) is 31.3 Å². The smallest absolute Gasteiger partial charge is 0.219 e. The summed E-state index contributed by atoms with van der Waals surface area (Å²) in [5, 5.41) is 15.7. The molecule has 1 aromatic carbocycles. The maximum atomic E-state index is 11.4. The minimum atomic E-state index is 0.0314. The molecular formula is C18H24N2O3. The van der Waals surface area contributed by atoms with Crippen LogP contribution in [0.15, 0.2) is 24.3 Å². The van der Waals surface area contributed by atoms with Gasteiger partial charge in [-0.3, -0.25) is 4.79 Å². The zero-order chi connectivity index (χ0) is 16.7. The second-order valence-corrected chi connectivity index (χ2v) is 5.60. The average Bonchev–Trinajstić information content (AvgIpc) is 2.55. The van der Waals surface area contributed by atoms with Crippen molar-refractivity contribution in [3.8, 4) is 11.8 Å². The summed E-state index contributed by atoms with van der Waals surface area (Å²) >= 11 is 0. The summed E-state index contributed by atoms with van der Waals surface area (Å²) in [5.41, 5.74) is 2.09. The fourth-order valence-electron chi connectivity index (χ4n) is 2.81. The Kier molecular flexibility index (Phi) is 6.60. The van der Waals surface area contributed by atoms with Gasteiger partial charge >= 0.3 is 0 Å². The van der Waals surface area contributed by atoms with Gasteiger partial charge in [0.15, 0.2) is 0 Å². The molecule has 0 saturated carbocycles. The van der Waals surface area contributed by atoms with Gasteiger partial charge in [-0.25, -0.2) is 0 Å². The van der Waals surface area contributed by atoms with Crippen LogP contribution in [0, 0.1) is 11.8 Å². The highest BCUT2D eigenvalue weighted by molar-refractivity contribution is 5.75. The van der Waals surface area contributed by atoms with Gasteiger partial charge in [-0.05, 0) is 17.7 Å². The molecule has 3 N–H and O–H groups in total. The molecule has 23 heavy (non-hydrogen) atoms. The summed E-state index contributed by atoms with van der Waals surface area (Å²) in [5.74, 6) is 6.19. The van der Waals surface area contributed by atoms with E-state index in [-0.39, 0.29) is 30.5 Å². The monoisotopic (exact) mass is 316 g/mol. The van der Waals surface area contributed by atoms with Gasteiger partial charge in [0.2, 0.25) is 5.91 Å². The number of carbonyl (C=O) groups is 1. The maximum absolute atomic E-state index is 11.4. The predicted octanol–water partition coefficient (Wildman–Crippen LogP) is 0.627. The van der Waals surface area contributed by atoms with Crippen molar-refractivity contribution in [2.24, 2.45) is 0 Å². The van der Waals surface area contributed by atoms with Crippen molar-refractivity contribution >= 4 is 5.91 Å². The van der Waals surface area contributed by atoms with E-state index >= 15 is 0 Å². The molecule has 3 atom stereocenters. The van der Waals surface area contributed by atoms with Crippen LogP contribution in [0.5, 0.6) is 0 Å². The number of benzene rings is 1. The molecule has 1 aromatic rings. The molecule has 124 valence electrons. The lowest BCUT2D eigenvalue weighted by molar-refractivity contribution is -0.121. The van der Waals surface area contributed by atoms with E-state index in [9.17, 15) is 9.90 Å². The number of amides is 1. The summed E-state index contributed by atoms with van der Waals surface area (Å²) in [6.45, 7) is 2.91. The molecule has 1 aliphatic heterocycles. The minimum absolute atomic E-state index is 0.0314. The van der Waals surface area contributed by atoms with Crippen molar-refractivity contribution in [1.82, 2.24) is 10.6 Å². The summed E-state index contributed by atoms with van der Waals surface area (Å²) in [7, 11) is 1.62. The Balaban J connectivity index is 2.02. The van der Waals surface area contributed by atoms with Crippen LogP contribution in [0.2, 0.25) is 0 Å². The number of hydrogen-bond donors (Lipinski definition) is 3. The van der Waals surface area contributed by atoms with Crippen LogP contribution in [0.1, 0.15) is 30.4 Å². The molecule has 0 spiro atoms. The molecule has 1 saturated heterocycles. The van der Waals surface area contributed by atoms with Gasteiger partial charge in [-0.15, -0.1) is 0 Å². The van der Waals surface area contributed by atoms with Crippen LogP contribution < -0.4 is 10.6 Å². The summed E-state index contributed by atoms with van der Waals surface area (Å²) in [6, 6.07) is 8.22. The third kappa shape index (κ3) is 4.55. The first kappa shape index (κ1) is 17.5. The number of carbonyl (C=O) groups excluding carboxylic acids is 1. The number of ether oxygens (including phenoxy) is 1.